The molecule has 0 radical (unpaired) electrons. The monoisotopic (exact) mass is 495 g/mol. The van der Waals surface area contributed by atoms with E-state index in [4.69, 9.17) is 14.0 Å². The van der Waals surface area contributed by atoms with Crippen LogP contribution in [0.3, 0.4) is 0 Å². The molecule has 0 atom stereocenters. The van der Waals surface area contributed by atoms with E-state index in [0.717, 1.165) is 0 Å². The summed E-state index contributed by atoms with van der Waals surface area (Å²) in [5.74, 6) is 0.00726. The van der Waals surface area contributed by atoms with Crippen molar-refractivity contribution in [3.8, 4) is 17.6 Å². The lowest BCUT2D eigenvalue weighted by Gasteiger charge is -2.13. The zero-order valence-corrected chi connectivity index (χ0v) is 18.8. The van der Waals surface area contributed by atoms with Gasteiger partial charge in [0.05, 0.1) is 16.6 Å². The Bertz CT molecular complexity index is 1210. The molecule has 1 N–H and O–H groups in total. The van der Waals surface area contributed by atoms with Crippen LogP contribution in [0.4, 0.5) is 5.82 Å². The highest BCUT2D eigenvalue weighted by Gasteiger charge is 2.18. The predicted octanol–water partition coefficient (Wildman–Crippen LogP) is 4.91. The van der Waals surface area contributed by atoms with E-state index >= 15 is 0 Å². The minimum absolute atomic E-state index is 0.158. The number of ether oxygens (including phenoxy) is 2. The molecule has 9 heteroatoms. The van der Waals surface area contributed by atoms with E-state index in [1.807, 2.05) is 6.07 Å². The SMILES string of the molecule is CCOc1cc(C=C(C#N)C(=O)Nc2cc(C)on2)cc(Br)c1OC(=O)c1ccccc1. The van der Waals surface area contributed by atoms with Crippen LogP contribution in [0.5, 0.6) is 11.5 Å². The molecule has 0 fully saturated rings. The first kappa shape index (κ1) is 22.8. The Labute approximate surface area is 192 Å². The molecular formula is C23H18BrN3O5. The van der Waals surface area contributed by atoms with Crippen molar-refractivity contribution in [1.29, 1.82) is 5.26 Å². The number of hydrogen-bond acceptors (Lipinski definition) is 7. The second-order valence-electron chi connectivity index (χ2n) is 6.47. The average molecular weight is 496 g/mol. The van der Waals surface area contributed by atoms with Crippen LogP contribution in [0.2, 0.25) is 0 Å². The number of hydrogen-bond donors (Lipinski definition) is 1. The van der Waals surface area contributed by atoms with Gasteiger partial charge in [0.25, 0.3) is 5.91 Å². The number of nitrogens with one attached hydrogen (secondary N) is 1. The first-order chi connectivity index (χ1) is 15.4. The van der Waals surface area contributed by atoms with Gasteiger partial charge in [-0.2, -0.15) is 5.26 Å². The first-order valence-electron chi connectivity index (χ1n) is 9.51. The fraction of sp³-hybridized carbons (Fsp3) is 0.130. The van der Waals surface area contributed by atoms with Gasteiger partial charge >= 0.3 is 5.97 Å². The van der Waals surface area contributed by atoms with E-state index in [1.165, 1.54) is 12.1 Å². The van der Waals surface area contributed by atoms with Gasteiger partial charge in [-0.15, -0.1) is 0 Å². The van der Waals surface area contributed by atoms with Crippen LogP contribution in [0.1, 0.15) is 28.6 Å². The maximum absolute atomic E-state index is 12.5. The van der Waals surface area contributed by atoms with Crippen molar-refractivity contribution in [3.05, 3.63) is 75.5 Å². The highest BCUT2D eigenvalue weighted by molar-refractivity contribution is 9.10. The van der Waals surface area contributed by atoms with Gasteiger partial charge in [0.1, 0.15) is 17.4 Å². The molecule has 162 valence electrons. The fourth-order valence-corrected chi connectivity index (χ4v) is 3.22. The van der Waals surface area contributed by atoms with Gasteiger partial charge < -0.3 is 19.3 Å². The number of amides is 1. The van der Waals surface area contributed by atoms with Gasteiger partial charge in [-0.1, -0.05) is 23.4 Å². The van der Waals surface area contributed by atoms with E-state index in [0.29, 0.717) is 28.0 Å². The van der Waals surface area contributed by atoms with Gasteiger partial charge in [-0.05, 0) is 65.7 Å². The van der Waals surface area contributed by atoms with E-state index in [9.17, 15) is 14.9 Å². The number of nitriles is 1. The van der Waals surface area contributed by atoms with Gasteiger partial charge in [0, 0.05) is 6.07 Å². The van der Waals surface area contributed by atoms with Crippen molar-refractivity contribution in [1.82, 2.24) is 5.16 Å². The minimum Gasteiger partial charge on any atom is -0.490 e. The summed E-state index contributed by atoms with van der Waals surface area (Å²) in [5, 5.41) is 15.6. The Morgan fingerprint density at radius 3 is 2.62 bits per heavy atom. The third-order valence-electron chi connectivity index (χ3n) is 4.08. The summed E-state index contributed by atoms with van der Waals surface area (Å²) in [6, 6.07) is 15.1. The molecule has 2 aromatic carbocycles. The fourth-order valence-electron chi connectivity index (χ4n) is 2.68. The Hall–Kier alpha value is -3.90. The summed E-state index contributed by atoms with van der Waals surface area (Å²) >= 11 is 3.38. The number of anilines is 1. The molecule has 0 bridgehead atoms. The van der Waals surface area contributed by atoms with Gasteiger partial charge in [-0.3, -0.25) is 4.79 Å². The van der Waals surface area contributed by atoms with E-state index < -0.39 is 11.9 Å². The molecule has 0 unspecified atom stereocenters. The lowest BCUT2D eigenvalue weighted by molar-refractivity contribution is -0.112. The predicted molar refractivity (Wildman–Crippen MR) is 120 cm³/mol. The number of esters is 1. The first-order valence-corrected chi connectivity index (χ1v) is 10.3. The van der Waals surface area contributed by atoms with Crippen LogP contribution in [0, 0.1) is 18.3 Å². The minimum atomic E-state index is -0.644. The largest absolute Gasteiger partial charge is 0.490 e. The molecular weight excluding hydrogens is 478 g/mol. The molecule has 3 rings (SSSR count). The number of aromatic nitrogens is 1. The zero-order valence-electron chi connectivity index (χ0n) is 17.2. The molecule has 1 heterocycles. The maximum Gasteiger partial charge on any atom is 0.343 e. The standard InChI is InChI=1S/C23H18BrN3O5/c1-3-30-19-12-15(10-17(13-25)22(28)26-20-9-14(2)32-27-20)11-18(24)21(19)31-23(29)16-7-5-4-6-8-16/h4-12H,3H2,1-2H3,(H,26,27,28). The molecule has 1 amide bonds. The molecule has 0 saturated carbocycles. The summed E-state index contributed by atoms with van der Waals surface area (Å²) in [5.41, 5.74) is 0.717. The lowest BCUT2D eigenvalue weighted by Crippen LogP contribution is -2.13. The number of carbonyl (C=O) groups is 2. The van der Waals surface area contributed by atoms with Crippen LogP contribution in [0.25, 0.3) is 6.08 Å². The lowest BCUT2D eigenvalue weighted by atomic mass is 10.1. The van der Waals surface area contributed by atoms with Crippen LogP contribution >= 0.6 is 15.9 Å². The number of benzene rings is 2. The third kappa shape index (κ3) is 5.62. The van der Waals surface area contributed by atoms with E-state index in [2.05, 4.69) is 26.4 Å². The van der Waals surface area contributed by atoms with Gasteiger partial charge in [0.15, 0.2) is 17.3 Å². The summed E-state index contributed by atoms with van der Waals surface area (Å²) in [7, 11) is 0. The highest BCUT2D eigenvalue weighted by atomic mass is 79.9. The average Bonchev–Trinajstić information content (AvgIpc) is 3.19. The topological polar surface area (TPSA) is 114 Å². The summed E-state index contributed by atoms with van der Waals surface area (Å²) in [6.07, 6.45) is 1.39. The van der Waals surface area contributed by atoms with Crippen molar-refractivity contribution >= 4 is 39.7 Å². The third-order valence-corrected chi connectivity index (χ3v) is 4.67. The number of halogens is 1. The molecule has 8 nitrogen and oxygen atoms in total. The van der Waals surface area contributed by atoms with Crippen LogP contribution in [0.15, 0.2) is 63.1 Å². The van der Waals surface area contributed by atoms with Crippen LogP contribution in [-0.2, 0) is 4.79 Å². The van der Waals surface area contributed by atoms with Crippen molar-refractivity contribution in [2.45, 2.75) is 13.8 Å². The number of carbonyl (C=O) groups excluding carboxylic acids is 2. The summed E-state index contributed by atoms with van der Waals surface area (Å²) in [4.78, 5) is 24.9. The number of rotatable bonds is 7. The molecule has 0 spiro atoms. The van der Waals surface area contributed by atoms with Gasteiger partial charge in [-0.25, -0.2) is 4.79 Å². The number of nitrogens with zero attached hydrogens (tertiary/aromatic N) is 2. The summed E-state index contributed by atoms with van der Waals surface area (Å²) < 4.78 is 16.5. The molecule has 0 saturated heterocycles. The van der Waals surface area contributed by atoms with Crippen molar-refractivity contribution in [2.24, 2.45) is 0 Å². The van der Waals surface area contributed by atoms with Crippen molar-refractivity contribution < 1.29 is 23.6 Å². The van der Waals surface area contributed by atoms with Crippen molar-refractivity contribution in [3.63, 3.8) is 0 Å². The Morgan fingerprint density at radius 1 is 1.25 bits per heavy atom. The molecule has 3 aromatic rings. The van der Waals surface area contributed by atoms with Crippen LogP contribution < -0.4 is 14.8 Å². The second-order valence-corrected chi connectivity index (χ2v) is 7.32. The maximum atomic E-state index is 12.5. The smallest absolute Gasteiger partial charge is 0.343 e. The molecule has 32 heavy (non-hydrogen) atoms. The Kier molecular flexibility index (Phi) is 7.41. The Morgan fingerprint density at radius 2 is 2.00 bits per heavy atom. The van der Waals surface area contributed by atoms with E-state index in [1.54, 1.807) is 56.3 Å². The summed E-state index contributed by atoms with van der Waals surface area (Å²) in [6.45, 7) is 3.78. The Balaban J connectivity index is 1.89. The number of aryl methyl sites for hydroxylation is 1. The molecule has 0 aliphatic rings. The molecule has 0 aliphatic heterocycles. The van der Waals surface area contributed by atoms with Crippen LogP contribution in [-0.4, -0.2) is 23.6 Å². The highest BCUT2D eigenvalue weighted by Crippen LogP contribution is 2.38. The molecule has 0 aliphatic carbocycles. The van der Waals surface area contributed by atoms with E-state index in [-0.39, 0.29) is 22.9 Å². The quantitative estimate of drug-likeness (QED) is 0.214. The van der Waals surface area contributed by atoms with Gasteiger partial charge in [0.2, 0.25) is 0 Å². The zero-order chi connectivity index (χ0) is 23.1. The van der Waals surface area contributed by atoms with Crippen molar-refractivity contribution in [2.75, 3.05) is 11.9 Å². The normalized spacial score (nSPS) is 10.9. The second kappa shape index (κ2) is 10.4. The molecule has 1 aromatic heterocycles.